The van der Waals surface area contributed by atoms with Crippen molar-refractivity contribution in [1.29, 1.82) is 0 Å². The standard InChI is InChI=1S/C46H58N10O4/c1-3-16-53-17-10-32(11-18-53)27-41(45(59)55-23-21-54(22-24-55)37-8-14-47-15-9-37)50-44(58)40(28-33-25-31(2)42-36(26-33)30-48-52-42)51-46(60)56-19-12-34(13-20-56)38-29-35-6-4-5-7-39(35)49-43(38)57/h4-9,14-15,25-26,29-30,32,34,40-41H,3,10-13,16-24,27-28H2,1-2H3,(H,48,52)(H,49,57)(H,50,58)(H,51,60)/t40-,41-/m0/s1. The molecule has 0 unspecified atom stereocenters. The fraction of sp³-hybridized carbons (Fsp3) is 0.478. The number of aryl methyl sites for hydroxylation is 1. The maximum atomic E-state index is 14.7. The first-order chi connectivity index (χ1) is 29.2. The van der Waals surface area contributed by atoms with Gasteiger partial charge in [0, 0.05) is 80.2 Å². The summed E-state index contributed by atoms with van der Waals surface area (Å²) in [5.74, 6) is -0.137. The van der Waals surface area contributed by atoms with E-state index in [1.54, 1.807) is 23.5 Å². The van der Waals surface area contributed by atoms with E-state index < -0.39 is 12.1 Å². The van der Waals surface area contributed by atoms with Gasteiger partial charge in [-0.15, -0.1) is 0 Å². The van der Waals surface area contributed by atoms with Gasteiger partial charge in [-0.2, -0.15) is 5.10 Å². The third-order valence-corrected chi connectivity index (χ3v) is 12.9. The number of piperazine rings is 1. The molecule has 14 nitrogen and oxygen atoms in total. The number of aromatic amines is 2. The van der Waals surface area contributed by atoms with Crippen molar-refractivity contribution in [2.24, 2.45) is 5.92 Å². The van der Waals surface area contributed by atoms with Crippen LogP contribution in [0.1, 0.15) is 68.1 Å². The molecule has 3 aromatic heterocycles. The van der Waals surface area contributed by atoms with Gasteiger partial charge in [-0.25, -0.2) is 4.79 Å². The number of aromatic nitrogens is 4. The Balaban J connectivity index is 0.989. The number of rotatable bonds is 12. The number of urea groups is 1. The molecule has 8 rings (SSSR count). The van der Waals surface area contributed by atoms with E-state index >= 15 is 0 Å². The second-order valence-electron chi connectivity index (χ2n) is 17.0. The summed E-state index contributed by atoms with van der Waals surface area (Å²) in [5, 5.41) is 15.5. The number of carbonyl (C=O) groups is 3. The molecular weight excluding hydrogens is 757 g/mol. The van der Waals surface area contributed by atoms with E-state index in [0.29, 0.717) is 64.4 Å². The van der Waals surface area contributed by atoms with Gasteiger partial charge in [0.25, 0.3) is 5.56 Å². The number of nitrogens with one attached hydrogen (secondary N) is 4. The molecule has 3 aliphatic heterocycles. The molecule has 2 aromatic carbocycles. The molecule has 0 saturated carbocycles. The molecule has 0 radical (unpaired) electrons. The summed E-state index contributed by atoms with van der Waals surface area (Å²) in [6.07, 6.45) is 10.4. The number of likely N-dealkylation sites (tertiary alicyclic amines) is 2. The Bertz CT molecular complexity index is 2320. The zero-order valence-corrected chi connectivity index (χ0v) is 34.9. The summed E-state index contributed by atoms with van der Waals surface area (Å²) in [4.78, 5) is 71.9. The highest BCUT2D eigenvalue weighted by Crippen LogP contribution is 2.28. The second kappa shape index (κ2) is 18.7. The largest absolute Gasteiger partial charge is 0.368 e. The smallest absolute Gasteiger partial charge is 0.318 e. The van der Waals surface area contributed by atoms with Crippen molar-refractivity contribution < 1.29 is 14.4 Å². The predicted octanol–water partition coefficient (Wildman–Crippen LogP) is 4.95. The Labute approximate surface area is 351 Å². The Morgan fingerprint density at radius 1 is 0.833 bits per heavy atom. The van der Waals surface area contributed by atoms with Gasteiger partial charge < -0.3 is 35.2 Å². The van der Waals surface area contributed by atoms with E-state index in [-0.39, 0.29) is 35.7 Å². The van der Waals surface area contributed by atoms with Crippen molar-refractivity contribution >= 4 is 45.3 Å². The Morgan fingerprint density at radius 3 is 2.33 bits per heavy atom. The van der Waals surface area contributed by atoms with Gasteiger partial charge in [0.2, 0.25) is 11.8 Å². The molecule has 316 valence electrons. The Morgan fingerprint density at radius 2 is 1.58 bits per heavy atom. The minimum absolute atomic E-state index is 0.0124. The van der Waals surface area contributed by atoms with E-state index in [2.05, 4.69) is 47.5 Å². The van der Waals surface area contributed by atoms with Crippen LogP contribution < -0.4 is 21.1 Å². The zero-order chi connectivity index (χ0) is 41.6. The van der Waals surface area contributed by atoms with Crippen molar-refractivity contribution in [3.8, 4) is 0 Å². The third-order valence-electron chi connectivity index (χ3n) is 12.9. The minimum Gasteiger partial charge on any atom is -0.368 e. The highest BCUT2D eigenvalue weighted by molar-refractivity contribution is 5.92. The monoisotopic (exact) mass is 814 g/mol. The topological polar surface area (TPSA) is 163 Å². The number of nitrogens with zero attached hydrogens (tertiary/aromatic N) is 6. The molecule has 4 N–H and O–H groups in total. The lowest BCUT2D eigenvalue weighted by Crippen LogP contribution is -2.59. The number of pyridine rings is 2. The summed E-state index contributed by atoms with van der Waals surface area (Å²) >= 11 is 0. The van der Waals surface area contributed by atoms with Gasteiger partial charge in [0.05, 0.1) is 11.7 Å². The van der Waals surface area contributed by atoms with Crippen LogP contribution in [0, 0.1) is 12.8 Å². The quantitative estimate of drug-likeness (QED) is 0.138. The molecule has 4 amide bonds. The van der Waals surface area contributed by atoms with Crippen LogP contribution in [0.4, 0.5) is 10.5 Å². The van der Waals surface area contributed by atoms with Crippen LogP contribution >= 0.6 is 0 Å². The summed E-state index contributed by atoms with van der Waals surface area (Å²) < 4.78 is 0. The highest BCUT2D eigenvalue weighted by Gasteiger charge is 2.35. The van der Waals surface area contributed by atoms with Crippen LogP contribution in [-0.4, -0.2) is 124 Å². The normalized spacial score (nSPS) is 18.1. The first kappa shape index (κ1) is 41.0. The Hall–Kier alpha value is -5.76. The van der Waals surface area contributed by atoms with Crippen molar-refractivity contribution in [3.05, 3.63) is 100 Å². The maximum Gasteiger partial charge on any atom is 0.318 e. The number of piperidine rings is 2. The first-order valence-electron chi connectivity index (χ1n) is 21.8. The summed E-state index contributed by atoms with van der Waals surface area (Å²) in [5.41, 5.74) is 5.33. The second-order valence-corrected chi connectivity index (χ2v) is 17.0. The van der Waals surface area contributed by atoms with Gasteiger partial charge in [0.15, 0.2) is 0 Å². The Kier molecular flexibility index (Phi) is 12.7. The number of benzene rings is 2. The average molecular weight is 815 g/mol. The summed E-state index contributed by atoms with van der Waals surface area (Å²) in [7, 11) is 0. The number of H-pyrrole nitrogens is 2. The molecule has 6 heterocycles. The van der Waals surface area contributed by atoms with Crippen LogP contribution in [0.5, 0.6) is 0 Å². The van der Waals surface area contributed by atoms with E-state index in [1.807, 2.05) is 66.4 Å². The lowest BCUT2D eigenvalue weighted by atomic mass is 9.89. The zero-order valence-electron chi connectivity index (χ0n) is 34.9. The van der Waals surface area contributed by atoms with Gasteiger partial charge in [-0.05, 0) is 124 Å². The fourth-order valence-electron chi connectivity index (χ4n) is 9.53. The number of fused-ring (bicyclic) bond motifs is 2. The summed E-state index contributed by atoms with van der Waals surface area (Å²) in [6.45, 7) is 10.6. The number of carbonyl (C=O) groups excluding carboxylic acids is 3. The van der Waals surface area contributed by atoms with Crippen molar-refractivity contribution in [2.75, 3.05) is 63.8 Å². The minimum atomic E-state index is -0.937. The molecular formula is C46H58N10O4. The number of hydrogen-bond donors (Lipinski definition) is 4. The third kappa shape index (κ3) is 9.49. The number of anilines is 1. The molecule has 60 heavy (non-hydrogen) atoms. The summed E-state index contributed by atoms with van der Waals surface area (Å²) in [6, 6.07) is 15.7. The van der Waals surface area contributed by atoms with Crippen LogP contribution in [0.3, 0.4) is 0 Å². The van der Waals surface area contributed by atoms with Crippen molar-refractivity contribution in [2.45, 2.75) is 76.8 Å². The highest BCUT2D eigenvalue weighted by atomic mass is 16.2. The first-order valence-corrected chi connectivity index (χ1v) is 21.8. The molecule has 2 atom stereocenters. The van der Waals surface area contributed by atoms with Gasteiger partial charge >= 0.3 is 6.03 Å². The van der Waals surface area contributed by atoms with Gasteiger partial charge in [-0.1, -0.05) is 31.2 Å². The molecule has 3 fully saturated rings. The molecule has 0 aliphatic carbocycles. The van der Waals surface area contributed by atoms with E-state index in [4.69, 9.17) is 0 Å². The van der Waals surface area contributed by atoms with Crippen LogP contribution in [0.25, 0.3) is 21.8 Å². The predicted molar refractivity (Wildman–Crippen MR) is 234 cm³/mol. The van der Waals surface area contributed by atoms with Crippen LogP contribution in [-0.2, 0) is 16.0 Å². The molecule has 5 aromatic rings. The molecule has 3 saturated heterocycles. The number of hydrogen-bond acceptors (Lipinski definition) is 8. The van der Waals surface area contributed by atoms with Crippen LogP contribution in [0.15, 0.2) is 78.0 Å². The molecule has 0 spiro atoms. The fourth-order valence-corrected chi connectivity index (χ4v) is 9.53. The SMILES string of the molecule is CCCN1CCC(C[C@H](NC(=O)[C@H](Cc2cc(C)c3[nH]ncc3c2)NC(=O)N2CCC(c3cc4ccccc4[nH]c3=O)CC2)C(=O)N2CCN(c3ccncc3)CC2)CC1. The van der Waals surface area contributed by atoms with Crippen molar-refractivity contribution in [1.82, 2.24) is 45.5 Å². The molecule has 14 heteroatoms. The van der Waals surface area contributed by atoms with E-state index in [1.165, 1.54) is 0 Å². The molecule has 3 aliphatic rings. The van der Waals surface area contributed by atoms with Gasteiger partial charge in [0.1, 0.15) is 12.1 Å². The van der Waals surface area contributed by atoms with Gasteiger partial charge in [-0.3, -0.25) is 24.5 Å². The van der Waals surface area contributed by atoms with E-state index in [0.717, 1.165) is 83.1 Å². The average Bonchev–Trinajstić information content (AvgIpc) is 3.76. The lowest BCUT2D eigenvalue weighted by Gasteiger charge is -2.39. The van der Waals surface area contributed by atoms with Crippen LogP contribution in [0.2, 0.25) is 0 Å². The van der Waals surface area contributed by atoms with Crippen molar-refractivity contribution in [3.63, 3.8) is 0 Å². The van der Waals surface area contributed by atoms with E-state index in [9.17, 15) is 19.2 Å². The molecule has 0 bridgehead atoms. The number of amides is 4. The maximum absolute atomic E-state index is 14.7. The lowest BCUT2D eigenvalue weighted by molar-refractivity contribution is -0.137. The number of para-hydroxylation sites is 1.